The first-order valence-electron chi connectivity index (χ1n) is 10.3. The van der Waals surface area contributed by atoms with Crippen LogP contribution in [0.25, 0.3) is 0 Å². The molecule has 5 nitrogen and oxygen atoms in total. The van der Waals surface area contributed by atoms with Gasteiger partial charge in [-0.05, 0) is 39.2 Å². The molecule has 27 heavy (non-hydrogen) atoms. The van der Waals surface area contributed by atoms with Crippen LogP contribution in [0.5, 0.6) is 0 Å². The molecule has 2 fully saturated rings. The van der Waals surface area contributed by atoms with Gasteiger partial charge in [0.1, 0.15) is 6.61 Å². The molecule has 2 amide bonds. The fourth-order valence-corrected chi connectivity index (χ4v) is 4.58. The standard InChI is InChI=1S/C22H32N2O3/c1-4-23(18-13-9-6-10-14-18)22(26)21-20(17-11-7-5-8-12-17)24(16(2)3)19(25)15-27-21/h5,7-8,11-12,16,18,20-21H,4,6,9-10,13-15H2,1-3H3/t20-,21+/m1/s1. The largest absolute Gasteiger partial charge is 0.356 e. The summed E-state index contributed by atoms with van der Waals surface area (Å²) in [6.07, 6.45) is 5.10. The van der Waals surface area contributed by atoms with Gasteiger partial charge in [0.25, 0.3) is 5.91 Å². The summed E-state index contributed by atoms with van der Waals surface area (Å²) in [7, 11) is 0. The van der Waals surface area contributed by atoms with E-state index in [2.05, 4.69) is 0 Å². The molecule has 0 aromatic heterocycles. The van der Waals surface area contributed by atoms with Crippen LogP contribution in [-0.4, -0.2) is 53.0 Å². The van der Waals surface area contributed by atoms with Crippen LogP contribution >= 0.6 is 0 Å². The van der Waals surface area contributed by atoms with Gasteiger partial charge >= 0.3 is 0 Å². The fourth-order valence-electron chi connectivity index (χ4n) is 4.58. The number of carbonyl (C=O) groups is 2. The molecule has 0 radical (unpaired) electrons. The summed E-state index contributed by atoms with van der Waals surface area (Å²) in [5.41, 5.74) is 0.956. The number of likely N-dealkylation sites (N-methyl/N-ethyl adjacent to an activating group) is 1. The molecule has 0 spiro atoms. The number of benzene rings is 1. The number of amides is 2. The van der Waals surface area contributed by atoms with Crippen LogP contribution in [0, 0.1) is 0 Å². The molecule has 1 saturated heterocycles. The number of ether oxygens (including phenoxy) is 1. The monoisotopic (exact) mass is 372 g/mol. The summed E-state index contributed by atoms with van der Waals surface area (Å²) in [6.45, 7) is 6.69. The molecule has 148 valence electrons. The van der Waals surface area contributed by atoms with E-state index in [4.69, 9.17) is 4.74 Å². The first-order valence-corrected chi connectivity index (χ1v) is 10.3. The highest BCUT2D eigenvalue weighted by atomic mass is 16.5. The predicted molar refractivity (Wildman–Crippen MR) is 105 cm³/mol. The first kappa shape index (κ1) is 19.9. The van der Waals surface area contributed by atoms with Crippen molar-refractivity contribution in [3.8, 4) is 0 Å². The zero-order chi connectivity index (χ0) is 19.4. The zero-order valence-corrected chi connectivity index (χ0v) is 16.8. The molecule has 1 aromatic carbocycles. The Morgan fingerprint density at radius 3 is 2.44 bits per heavy atom. The number of hydrogen-bond acceptors (Lipinski definition) is 3. The quantitative estimate of drug-likeness (QED) is 0.794. The molecule has 0 unspecified atom stereocenters. The van der Waals surface area contributed by atoms with Crippen molar-refractivity contribution < 1.29 is 14.3 Å². The maximum atomic E-state index is 13.6. The number of nitrogens with zero attached hydrogens (tertiary/aromatic N) is 2. The van der Waals surface area contributed by atoms with E-state index in [1.54, 1.807) is 0 Å². The van der Waals surface area contributed by atoms with Gasteiger partial charge in [-0.3, -0.25) is 9.59 Å². The molecular weight excluding hydrogens is 340 g/mol. The lowest BCUT2D eigenvalue weighted by Gasteiger charge is -2.45. The lowest BCUT2D eigenvalue weighted by atomic mass is 9.91. The SMILES string of the molecule is CCN(C(=O)[C@H]1OCC(=O)N(C(C)C)[C@@H]1c1ccccc1)C1CCCCC1. The highest BCUT2D eigenvalue weighted by Crippen LogP contribution is 2.34. The van der Waals surface area contributed by atoms with Gasteiger partial charge in [0, 0.05) is 18.6 Å². The molecule has 0 bridgehead atoms. The second-order valence-electron chi connectivity index (χ2n) is 7.90. The molecule has 1 heterocycles. The molecular formula is C22H32N2O3. The van der Waals surface area contributed by atoms with Crippen molar-refractivity contribution in [3.63, 3.8) is 0 Å². The van der Waals surface area contributed by atoms with Crippen LogP contribution in [-0.2, 0) is 14.3 Å². The van der Waals surface area contributed by atoms with E-state index in [9.17, 15) is 9.59 Å². The fraction of sp³-hybridized carbons (Fsp3) is 0.636. The molecule has 1 aliphatic heterocycles. The Morgan fingerprint density at radius 1 is 1.19 bits per heavy atom. The Morgan fingerprint density at radius 2 is 1.85 bits per heavy atom. The maximum Gasteiger partial charge on any atom is 0.254 e. The van der Waals surface area contributed by atoms with Gasteiger partial charge in [0.2, 0.25) is 5.91 Å². The van der Waals surface area contributed by atoms with Crippen LogP contribution < -0.4 is 0 Å². The van der Waals surface area contributed by atoms with E-state index < -0.39 is 6.10 Å². The van der Waals surface area contributed by atoms with E-state index in [1.165, 1.54) is 19.3 Å². The van der Waals surface area contributed by atoms with Crippen molar-refractivity contribution in [1.29, 1.82) is 0 Å². The van der Waals surface area contributed by atoms with Gasteiger partial charge in [0.05, 0.1) is 6.04 Å². The van der Waals surface area contributed by atoms with Crippen LogP contribution in [0.2, 0.25) is 0 Å². The first-order chi connectivity index (χ1) is 13.0. The van der Waals surface area contributed by atoms with Crippen molar-refractivity contribution >= 4 is 11.8 Å². The van der Waals surface area contributed by atoms with Crippen molar-refractivity contribution in [3.05, 3.63) is 35.9 Å². The van der Waals surface area contributed by atoms with E-state index in [-0.39, 0.29) is 30.5 Å². The van der Waals surface area contributed by atoms with Crippen molar-refractivity contribution in [2.24, 2.45) is 0 Å². The van der Waals surface area contributed by atoms with Gasteiger partial charge < -0.3 is 14.5 Å². The van der Waals surface area contributed by atoms with Crippen molar-refractivity contribution in [2.45, 2.75) is 77.1 Å². The van der Waals surface area contributed by atoms with E-state index in [1.807, 2.05) is 60.9 Å². The van der Waals surface area contributed by atoms with Gasteiger partial charge in [-0.25, -0.2) is 0 Å². The Bertz CT molecular complexity index is 640. The van der Waals surface area contributed by atoms with Crippen molar-refractivity contribution in [2.75, 3.05) is 13.2 Å². The molecule has 1 aromatic rings. The second kappa shape index (κ2) is 8.87. The summed E-state index contributed by atoms with van der Waals surface area (Å²) >= 11 is 0. The Hall–Kier alpha value is -1.88. The normalized spacial score (nSPS) is 24.3. The van der Waals surface area contributed by atoms with Gasteiger partial charge in [-0.15, -0.1) is 0 Å². The third-order valence-corrected chi connectivity index (χ3v) is 5.84. The zero-order valence-electron chi connectivity index (χ0n) is 16.8. The third kappa shape index (κ3) is 4.18. The molecule has 2 aliphatic rings. The van der Waals surface area contributed by atoms with Crippen LogP contribution in [0.3, 0.4) is 0 Å². The average Bonchev–Trinajstić information content (AvgIpc) is 2.69. The van der Waals surface area contributed by atoms with Gasteiger partial charge in [-0.2, -0.15) is 0 Å². The lowest BCUT2D eigenvalue weighted by Crippen LogP contribution is -2.58. The maximum absolute atomic E-state index is 13.6. The van der Waals surface area contributed by atoms with E-state index in [0.717, 1.165) is 18.4 Å². The lowest BCUT2D eigenvalue weighted by molar-refractivity contribution is -0.173. The third-order valence-electron chi connectivity index (χ3n) is 5.84. The number of morpholine rings is 1. The van der Waals surface area contributed by atoms with Crippen LogP contribution in [0.4, 0.5) is 0 Å². The molecule has 1 aliphatic carbocycles. The summed E-state index contributed by atoms with van der Waals surface area (Å²) in [5.74, 6) is -0.0278. The Kier molecular flexibility index (Phi) is 6.53. The predicted octanol–water partition coefficient (Wildman–Crippen LogP) is 3.54. The van der Waals surface area contributed by atoms with Crippen molar-refractivity contribution in [1.82, 2.24) is 9.80 Å². The Labute approximate surface area is 162 Å². The topological polar surface area (TPSA) is 49.9 Å². The van der Waals surface area contributed by atoms with Gasteiger partial charge in [0.15, 0.2) is 6.10 Å². The minimum absolute atomic E-state index is 0.00617. The molecule has 3 rings (SSSR count). The summed E-state index contributed by atoms with van der Waals surface area (Å²) in [6, 6.07) is 9.75. The van der Waals surface area contributed by atoms with E-state index >= 15 is 0 Å². The van der Waals surface area contributed by atoms with E-state index in [0.29, 0.717) is 12.6 Å². The molecule has 0 N–H and O–H groups in total. The number of hydrogen-bond donors (Lipinski definition) is 0. The highest BCUT2D eigenvalue weighted by Gasteiger charge is 2.45. The Balaban J connectivity index is 1.92. The average molecular weight is 373 g/mol. The second-order valence-corrected chi connectivity index (χ2v) is 7.90. The van der Waals surface area contributed by atoms with Gasteiger partial charge in [-0.1, -0.05) is 49.6 Å². The summed E-state index contributed by atoms with van der Waals surface area (Å²) < 4.78 is 5.89. The highest BCUT2D eigenvalue weighted by molar-refractivity contribution is 5.86. The molecule has 1 saturated carbocycles. The summed E-state index contributed by atoms with van der Waals surface area (Å²) in [5, 5.41) is 0. The van der Waals surface area contributed by atoms with Crippen LogP contribution in [0.1, 0.15) is 64.5 Å². The smallest absolute Gasteiger partial charge is 0.254 e. The minimum atomic E-state index is -0.644. The number of rotatable bonds is 5. The molecule has 2 atom stereocenters. The number of carbonyl (C=O) groups excluding carboxylic acids is 2. The molecule has 5 heteroatoms. The van der Waals surface area contributed by atoms with Crippen LogP contribution in [0.15, 0.2) is 30.3 Å². The summed E-state index contributed by atoms with van der Waals surface area (Å²) in [4.78, 5) is 30.0. The minimum Gasteiger partial charge on any atom is -0.356 e.